The van der Waals surface area contributed by atoms with Gasteiger partial charge in [-0.25, -0.2) is 72.7 Å². The first-order valence-electron chi connectivity index (χ1n) is 9.06. The molecule has 0 N–H and O–H groups in total. The molecule has 0 saturated carbocycles. The topological polar surface area (TPSA) is 49.4 Å². The first kappa shape index (κ1) is 23.5. The predicted molar refractivity (Wildman–Crippen MR) is 99.2 cm³/mol. The molecule has 0 aromatic rings. The summed E-state index contributed by atoms with van der Waals surface area (Å²) in [6.07, 6.45) is 0. The normalized spacial score (nSPS) is 22.8. The summed E-state index contributed by atoms with van der Waals surface area (Å²) in [5.41, 5.74) is -15.0. The number of hydrogen-bond donors (Lipinski definition) is 0. The molecule has 5 rings (SSSR count). The van der Waals surface area contributed by atoms with Gasteiger partial charge in [-0.05, 0) is 0 Å². The van der Waals surface area contributed by atoms with Gasteiger partial charge in [0.2, 0.25) is 0 Å². The third-order valence-corrected chi connectivity index (χ3v) is 4.99. The zero-order valence-electron chi connectivity index (χ0n) is 16.3. The highest BCUT2D eigenvalue weighted by Gasteiger charge is 2.42. The average Bonchev–Trinajstić information content (AvgIpc) is 3.52. The molecule has 0 spiro atoms. The summed E-state index contributed by atoms with van der Waals surface area (Å²) in [5.74, 6) is -28.1. The van der Waals surface area contributed by atoms with Gasteiger partial charge in [0, 0.05) is 0 Å². The fourth-order valence-corrected chi connectivity index (χ4v) is 3.28. The summed E-state index contributed by atoms with van der Waals surface area (Å²) in [5, 5.41) is 0. The van der Waals surface area contributed by atoms with Crippen molar-refractivity contribution < 1.29 is 52.7 Å². The molecule has 5 heterocycles. The van der Waals surface area contributed by atoms with Crippen LogP contribution in [0.15, 0.2) is 113 Å². The van der Waals surface area contributed by atoms with E-state index in [0.29, 0.717) is 0 Å². The van der Waals surface area contributed by atoms with Crippen LogP contribution >= 0.6 is 0 Å². The molecule has 0 atom stereocenters. The number of allylic oxidation sites excluding steroid dienone is 12. The van der Waals surface area contributed by atoms with Crippen LogP contribution in [0.1, 0.15) is 0 Å². The van der Waals surface area contributed by atoms with E-state index in [-0.39, 0.29) is 0 Å². The van der Waals surface area contributed by atoms with Gasteiger partial charge in [-0.15, -0.1) is 0 Å². The van der Waals surface area contributed by atoms with Crippen molar-refractivity contribution >= 4 is 22.8 Å². The molecule has 0 aliphatic carbocycles. The average molecular weight is 524 g/mol. The first-order chi connectivity index (χ1) is 16.9. The maximum Gasteiger partial charge on any atom is 0.189 e. The van der Waals surface area contributed by atoms with Crippen molar-refractivity contribution in [3.63, 3.8) is 0 Å². The van der Waals surface area contributed by atoms with E-state index in [0.717, 1.165) is 0 Å². The number of halogens is 12. The van der Waals surface area contributed by atoms with E-state index in [2.05, 4.69) is 20.0 Å². The number of aliphatic imine (C=N–C) groups is 4. The molecule has 0 aromatic carbocycles. The van der Waals surface area contributed by atoms with E-state index in [9.17, 15) is 52.7 Å². The highest BCUT2D eigenvalue weighted by Crippen LogP contribution is 2.44. The largest absolute Gasteiger partial charge is 0.236 e. The van der Waals surface area contributed by atoms with E-state index in [4.69, 9.17) is 0 Å². The van der Waals surface area contributed by atoms with Crippen molar-refractivity contribution in [2.75, 3.05) is 0 Å². The Labute approximate surface area is 189 Å². The quantitative estimate of drug-likeness (QED) is 0.303. The molecule has 5 aliphatic rings. The summed E-state index contributed by atoms with van der Waals surface area (Å²) in [6.45, 7) is 0. The zero-order valence-corrected chi connectivity index (χ0v) is 16.3. The molecule has 0 fully saturated rings. The van der Waals surface area contributed by atoms with E-state index in [1.54, 1.807) is 0 Å². The minimum Gasteiger partial charge on any atom is -0.236 e. The van der Waals surface area contributed by atoms with Gasteiger partial charge < -0.3 is 0 Å². The summed E-state index contributed by atoms with van der Waals surface area (Å²) < 4.78 is 173. The maximum absolute atomic E-state index is 14.8. The van der Waals surface area contributed by atoms with Crippen LogP contribution in [0.4, 0.5) is 52.7 Å². The predicted octanol–water partition coefficient (Wildman–Crippen LogP) is 7.15. The minimum atomic E-state index is -2.35. The van der Waals surface area contributed by atoms with Gasteiger partial charge in [0.15, 0.2) is 69.9 Å². The molecule has 4 nitrogen and oxygen atoms in total. The first-order valence-corrected chi connectivity index (χ1v) is 9.06. The number of rotatable bonds is 0. The molecule has 0 saturated heterocycles. The van der Waals surface area contributed by atoms with Crippen LogP contribution in [0.5, 0.6) is 0 Å². The number of hydrogen-bond acceptors (Lipinski definition) is 4. The summed E-state index contributed by atoms with van der Waals surface area (Å²) in [6, 6.07) is 0. The standard InChI is InChI=1S/C20F12N4/c21-1-2(22)14-10(30)16-5(25)6(26)18(35-16)12(32)20-8(28)7(27)19(36-20)11(31)17-4(24)3(23)15(34-17)9(29)13(1)33-14. The second kappa shape index (κ2) is 7.63. The van der Waals surface area contributed by atoms with Crippen LogP contribution in [0, 0.1) is 0 Å². The Morgan fingerprint density at radius 1 is 0.222 bits per heavy atom. The fraction of sp³-hybridized carbons (Fsp3) is 0. The van der Waals surface area contributed by atoms with E-state index in [1.807, 2.05) is 0 Å². The van der Waals surface area contributed by atoms with Gasteiger partial charge >= 0.3 is 0 Å². The van der Waals surface area contributed by atoms with Crippen LogP contribution in [0.25, 0.3) is 0 Å². The Morgan fingerprint density at radius 2 is 0.389 bits per heavy atom. The molecule has 16 heteroatoms. The smallest absolute Gasteiger partial charge is 0.189 e. The lowest BCUT2D eigenvalue weighted by molar-refractivity contribution is 0.554. The minimum absolute atomic E-state index is 1.87. The number of fused-ring (bicyclic) bond motifs is 4. The molecule has 5 aliphatic heterocycles. The molecular formula is C20F12N4. The van der Waals surface area contributed by atoms with Crippen molar-refractivity contribution in [3.8, 4) is 0 Å². The van der Waals surface area contributed by atoms with Gasteiger partial charge in [0.25, 0.3) is 0 Å². The van der Waals surface area contributed by atoms with Gasteiger partial charge in [0.1, 0.15) is 45.6 Å². The second-order valence-corrected chi connectivity index (χ2v) is 7.00. The van der Waals surface area contributed by atoms with Crippen molar-refractivity contribution in [1.29, 1.82) is 0 Å². The van der Waals surface area contributed by atoms with Crippen molar-refractivity contribution in [2.45, 2.75) is 0 Å². The molecule has 0 radical (unpaired) electrons. The summed E-state index contributed by atoms with van der Waals surface area (Å²) in [7, 11) is 0. The Balaban J connectivity index is 1.93. The van der Waals surface area contributed by atoms with Crippen LogP contribution < -0.4 is 0 Å². The van der Waals surface area contributed by atoms with Crippen molar-refractivity contribution in [3.05, 3.63) is 92.7 Å². The summed E-state index contributed by atoms with van der Waals surface area (Å²) in [4.78, 5) is 11.3. The highest BCUT2D eigenvalue weighted by atomic mass is 19.2. The van der Waals surface area contributed by atoms with Gasteiger partial charge in [-0.1, -0.05) is 0 Å². The molecule has 36 heavy (non-hydrogen) atoms. The highest BCUT2D eigenvalue weighted by molar-refractivity contribution is 6.21. The van der Waals surface area contributed by atoms with Gasteiger partial charge in [-0.2, -0.15) is 0 Å². The van der Waals surface area contributed by atoms with Crippen molar-refractivity contribution in [2.24, 2.45) is 20.0 Å². The molecule has 8 bridgehead atoms. The SMILES string of the molecule is FC1=C(F)C2=C(F)C3=NC(=C(F)C4=NC(=C(F)C5=NC(=C(F)C1=N2)C(F)=C5F)C(F)=C4F)C(F)=C3F. The second-order valence-electron chi connectivity index (χ2n) is 7.00. The van der Waals surface area contributed by atoms with Crippen LogP contribution in [0.3, 0.4) is 0 Å². The molecule has 0 aromatic heterocycles. The monoisotopic (exact) mass is 524 g/mol. The van der Waals surface area contributed by atoms with Crippen LogP contribution in [-0.4, -0.2) is 22.8 Å². The lowest BCUT2D eigenvalue weighted by atomic mass is 10.2. The molecular weight excluding hydrogens is 524 g/mol. The third-order valence-electron chi connectivity index (χ3n) is 4.99. The Morgan fingerprint density at radius 3 is 0.556 bits per heavy atom. The van der Waals surface area contributed by atoms with E-state index >= 15 is 0 Å². The van der Waals surface area contributed by atoms with Crippen LogP contribution in [-0.2, 0) is 0 Å². The Bertz CT molecular complexity index is 1380. The lowest BCUT2D eigenvalue weighted by Gasteiger charge is -2.00. The third kappa shape index (κ3) is 2.92. The van der Waals surface area contributed by atoms with E-state index in [1.165, 1.54) is 0 Å². The van der Waals surface area contributed by atoms with Gasteiger partial charge in [0.05, 0.1) is 0 Å². The maximum atomic E-state index is 14.8. The Kier molecular flexibility index (Phi) is 4.98. The van der Waals surface area contributed by atoms with Crippen LogP contribution in [0.2, 0.25) is 0 Å². The number of nitrogens with zero attached hydrogens (tertiary/aromatic N) is 4. The molecule has 0 amide bonds. The van der Waals surface area contributed by atoms with Gasteiger partial charge in [-0.3, -0.25) is 0 Å². The Hall–Kier alpha value is -4.24. The fourth-order valence-electron chi connectivity index (χ4n) is 3.28. The van der Waals surface area contributed by atoms with E-state index < -0.39 is 116 Å². The van der Waals surface area contributed by atoms with Crippen molar-refractivity contribution in [1.82, 2.24) is 0 Å². The zero-order chi connectivity index (χ0) is 26.4. The molecule has 184 valence electrons. The lowest BCUT2D eigenvalue weighted by Crippen LogP contribution is -2.02. The molecule has 0 unspecified atom stereocenters. The summed E-state index contributed by atoms with van der Waals surface area (Å²) >= 11 is 0.